The highest BCUT2D eigenvalue weighted by Crippen LogP contribution is 2.33. The maximum atomic E-state index is 11.0. The summed E-state index contributed by atoms with van der Waals surface area (Å²) in [7, 11) is -1.41. The molecular weight excluding hydrogens is 382 g/mol. The van der Waals surface area contributed by atoms with Gasteiger partial charge in [0.15, 0.2) is 5.02 Å². The van der Waals surface area contributed by atoms with E-state index in [4.69, 9.17) is 20.8 Å². The van der Waals surface area contributed by atoms with Gasteiger partial charge in [0.25, 0.3) is 14.7 Å². The van der Waals surface area contributed by atoms with E-state index in [2.05, 4.69) is 24.3 Å². The predicted octanol–water partition coefficient (Wildman–Crippen LogP) is 3.45. The van der Waals surface area contributed by atoms with Crippen LogP contribution in [0.1, 0.15) is 0 Å². The van der Waals surface area contributed by atoms with Gasteiger partial charge in [-0.05, 0) is 16.4 Å². The summed E-state index contributed by atoms with van der Waals surface area (Å²) in [6.45, 7) is 0.589. The molecule has 0 unspecified atom stereocenters. The maximum Gasteiger partial charge on any atom is 0.291 e. The van der Waals surface area contributed by atoms with E-state index in [0.717, 1.165) is 10.4 Å². The molecule has 0 saturated carbocycles. The first-order valence-electron chi connectivity index (χ1n) is 8.33. The lowest BCUT2D eigenvalue weighted by molar-refractivity contribution is -0.384. The molecular formula is C20H17ClNO4Si. The van der Waals surface area contributed by atoms with Gasteiger partial charge in [-0.25, -0.2) is 0 Å². The van der Waals surface area contributed by atoms with Gasteiger partial charge < -0.3 is 9.16 Å². The summed E-state index contributed by atoms with van der Waals surface area (Å²) in [5.74, 6) is 0.280. The van der Waals surface area contributed by atoms with Gasteiger partial charge in [-0.1, -0.05) is 78.3 Å². The zero-order valence-corrected chi connectivity index (χ0v) is 16.1. The molecule has 7 heteroatoms. The molecule has 0 N–H and O–H groups in total. The molecule has 3 aromatic carbocycles. The Morgan fingerprint density at radius 1 is 0.852 bits per heavy atom. The predicted molar refractivity (Wildman–Crippen MR) is 107 cm³/mol. The molecule has 0 aliphatic heterocycles. The van der Waals surface area contributed by atoms with Crippen LogP contribution in [-0.2, 0) is 4.43 Å². The van der Waals surface area contributed by atoms with E-state index in [1.165, 1.54) is 6.07 Å². The van der Waals surface area contributed by atoms with Crippen LogP contribution in [0.15, 0.2) is 78.9 Å². The van der Waals surface area contributed by atoms with Crippen molar-refractivity contribution in [3.63, 3.8) is 0 Å². The fourth-order valence-corrected chi connectivity index (χ4v) is 4.75. The Bertz CT molecular complexity index is 853. The van der Waals surface area contributed by atoms with Crippen molar-refractivity contribution in [3.8, 4) is 5.75 Å². The Balaban J connectivity index is 1.65. The second-order valence-corrected chi connectivity index (χ2v) is 8.08. The van der Waals surface area contributed by atoms with Crippen LogP contribution in [0.2, 0.25) is 5.02 Å². The number of nitrogens with zero attached hydrogens (tertiary/aromatic N) is 1. The van der Waals surface area contributed by atoms with Crippen molar-refractivity contribution in [1.29, 1.82) is 0 Å². The first-order valence-corrected chi connectivity index (χ1v) is 10.1. The van der Waals surface area contributed by atoms with Crippen LogP contribution in [-0.4, -0.2) is 27.2 Å². The SMILES string of the molecule is O=[N+]([O-])c1cccc(OCCO[Si](c2ccccc2)c2ccccc2)c1Cl. The van der Waals surface area contributed by atoms with E-state index in [9.17, 15) is 10.1 Å². The number of rotatable bonds is 8. The zero-order valence-electron chi connectivity index (χ0n) is 14.4. The van der Waals surface area contributed by atoms with Crippen LogP contribution in [0.5, 0.6) is 5.75 Å². The molecule has 3 rings (SSSR count). The first kappa shape index (κ1) is 19.1. The molecule has 0 bridgehead atoms. The lowest BCUT2D eigenvalue weighted by Crippen LogP contribution is -2.45. The lowest BCUT2D eigenvalue weighted by Gasteiger charge is -2.16. The molecule has 3 aromatic rings. The Hall–Kier alpha value is -2.67. The number of nitro benzene ring substituents is 1. The van der Waals surface area contributed by atoms with Gasteiger partial charge in [-0.3, -0.25) is 10.1 Å². The normalized spacial score (nSPS) is 10.7. The van der Waals surface area contributed by atoms with Gasteiger partial charge in [0.05, 0.1) is 11.5 Å². The molecule has 0 heterocycles. The molecule has 0 aliphatic rings. The number of hydrogen-bond acceptors (Lipinski definition) is 4. The molecule has 0 aromatic heterocycles. The second-order valence-electron chi connectivity index (χ2n) is 5.60. The van der Waals surface area contributed by atoms with Crippen molar-refractivity contribution in [1.82, 2.24) is 0 Å². The molecule has 5 nitrogen and oxygen atoms in total. The van der Waals surface area contributed by atoms with Crippen molar-refractivity contribution in [2.24, 2.45) is 0 Å². The van der Waals surface area contributed by atoms with Gasteiger partial charge in [0, 0.05) is 6.07 Å². The molecule has 0 aliphatic carbocycles. The van der Waals surface area contributed by atoms with Gasteiger partial charge in [0.1, 0.15) is 12.4 Å². The molecule has 0 fully saturated rings. The number of ether oxygens (including phenoxy) is 1. The third-order valence-electron chi connectivity index (χ3n) is 3.80. The monoisotopic (exact) mass is 398 g/mol. The average molecular weight is 399 g/mol. The zero-order chi connectivity index (χ0) is 19.1. The average Bonchev–Trinajstić information content (AvgIpc) is 2.70. The van der Waals surface area contributed by atoms with Crippen LogP contribution in [0.25, 0.3) is 0 Å². The minimum absolute atomic E-state index is 0.000789. The fourth-order valence-electron chi connectivity index (χ4n) is 2.56. The van der Waals surface area contributed by atoms with Gasteiger partial charge in [0.2, 0.25) is 0 Å². The smallest absolute Gasteiger partial charge is 0.291 e. The van der Waals surface area contributed by atoms with E-state index in [1.807, 2.05) is 36.4 Å². The number of nitro groups is 1. The number of hydrogen-bond donors (Lipinski definition) is 0. The summed E-state index contributed by atoms with van der Waals surface area (Å²) >= 11 is 6.04. The second kappa shape index (κ2) is 9.32. The van der Waals surface area contributed by atoms with Crippen LogP contribution >= 0.6 is 11.6 Å². The topological polar surface area (TPSA) is 61.6 Å². The van der Waals surface area contributed by atoms with Crippen molar-refractivity contribution < 1.29 is 14.1 Å². The van der Waals surface area contributed by atoms with E-state index >= 15 is 0 Å². The number of benzene rings is 3. The van der Waals surface area contributed by atoms with Crippen LogP contribution in [0.3, 0.4) is 0 Å². The van der Waals surface area contributed by atoms with E-state index in [-0.39, 0.29) is 23.1 Å². The summed E-state index contributed by atoms with van der Waals surface area (Å²) in [6, 6.07) is 24.6. The summed E-state index contributed by atoms with van der Waals surface area (Å²) in [5, 5.41) is 13.2. The van der Waals surface area contributed by atoms with Gasteiger partial charge in [-0.2, -0.15) is 0 Å². The Labute approximate surface area is 164 Å². The van der Waals surface area contributed by atoms with Crippen molar-refractivity contribution >= 4 is 36.7 Å². The third kappa shape index (κ3) is 4.94. The van der Waals surface area contributed by atoms with E-state index < -0.39 is 14.0 Å². The molecule has 27 heavy (non-hydrogen) atoms. The summed E-state index contributed by atoms with van der Waals surface area (Å²) in [6.07, 6.45) is 0. The van der Waals surface area contributed by atoms with Gasteiger partial charge in [-0.15, -0.1) is 0 Å². The van der Waals surface area contributed by atoms with Crippen LogP contribution in [0.4, 0.5) is 5.69 Å². The standard InChI is InChI=1S/C20H17ClNO4Si/c21-20-18(22(23)24)12-7-13-19(20)25-14-15-26-27(16-8-3-1-4-9-16)17-10-5-2-6-11-17/h1-13H,14-15H2. The summed E-state index contributed by atoms with van der Waals surface area (Å²) in [5.41, 5.74) is -0.173. The van der Waals surface area contributed by atoms with Crippen molar-refractivity contribution in [2.45, 2.75) is 0 Å². The Kier molecular flexibility index (Phi) is 6.59. The van der Waals surface area contributed by atoms with Crippen LogP contribution < -0.4 is 15.1 Å². The Morgan fingerprint density at radius 2 is 1.44 bits per heavy atom. The fraction of sp³-hybridized carbons (Fsp3) is 0.100. The lowest BCUT2D eigenvalue weighted by atomic mass is 10.3. The largest absolute Gasteiger partial charge is 0.489 e. The van der Waals surface area contributed by atoms with E-state index in [0.29, 0.717) is 6.61 Å². The summed E-state index contributed by atoms with van der Waals surface area (Å²) < 4.78 is 11.8. The highest BCUT2D eigenvalue weighted by Gasteiger charge is 2.19. The summed E-state index contributed by atoms with van der Waals surface area (Å²) in [4.78, 5) is 10.4. The molecule has 1 radical (unpaired) electrons. The van der Waals surface area contributed by atoms with Gasteiger partial charge >= 0.3 is 0 Å². The maximum absolute atomic E-state index is 11.0. The molecule has 0 saturated heterocycles. The first-order chi connectivity index (χ1) is 13.2. The van der Waals surface area contributed by atoms with E-state index in [1.54, 1.807) is 12.1 Å². The molecule has 0 spiro atoms. The van der Waals surface area contributed by atoms with Crippen molar-refractivity contribution in [2.75, 3.05) is 13.2 Å². The van der Waals surface area contributed by atoms with Crippen molar-refractivity contribution in [3.05, 3.63) is 94.0 Å². The highest BCUT2D eigenvalue weighted by atomic mass is 35.5. The minimum Gasteiger partial charge on any atom is -0.489 e. The highest BCUT2D eigenvalue weighted by molar-refractivity contribution is 6.80. The molecule has 0 atom stereocenters. The third-order valence-corrected chi connectivity index (χ3v) is 6.39. The Morgan fingerprint density at radius 3 is 2.00 bits per heavy atom. The van der Waals surface area contributed by atoms with Crippen LogP contribution in [0, 0.1) is 10.1 Å². The molecule has 137 valence electrons. The number of halogens is 1. The minimum atomic E-state index is -1.41. The molecule has 0 amide bonds. The quantitative estimate of drug-likeness (QED) is 0.252.